The quantitative estimate of drug-likeness (QED) is 0.364. The lowest BCUT2D eigenvalue weighted by atomic mass is 10.1. The van der Waals surface area contributed by atoms with E-state index in [4.69, 9.17) is 15.5 Å². The van der Waals surface area contributed by atoms with Crippen molar-refractivity contribution in [2.45, 2.75) is 38.1 Å². The molecule has 0 saturated carbocycles. The molecular formula is C27H28N6O4S. The number of hydrogen-bond acceptors (Lipinski definition) is 9. The van der Waals surface area contributed by atoms with Crippen LogP contribution in [0.4, 0.5) is 11.6 Å². The second-order valence-electron chi connectivity index (χ2n) is 9.08. The molecule has 4 aromatic rings. The minimum absolute atomic E-state index is 0. The van der Waals surface area contributed by atoms with E-state index in [2.05, 4.69) is 14.7 Å². The maximum absolute atomic E-state index is 13.3. The van der Waals surface area contributed by atoms with E-state index in [9.17, 15) is 13.2 Å². The monoisotopic (exact) mass is 532 g/mol. The molecule has 0 radical (unpaired) electrons. The van der Waals surface area contributed by atoms with E-state index in [-0.39, 0.29) is 23.9 Å². The first-order chi connectivity index (χ1) is 18.2. The number of sulfonamides is 1. The molecule has 11 heteroatoms. The third kappa shape index (κ3) is 5.28. The molecule has 0 bridgehead atoms. The van der Waals surface area contributed by atoms with Gasteiger partial charge in [-0.15, -0.1) is 0 Å². The summed E-state index contributed by atoms with van der Waals surface area (Å²) in [4.78, 5) is 28.2. The lowest BCUT2D eigenvalue weighted by molar-refractivity contribution is 0.0981. The molecule has 196 valence electrons. The highest BCUT2D eigenvalue weighted by atomic mass is 32.2. The van der Waals surface area contributed by atoms with E-state index >= 15 is 0 Å². The Morgan fingerprint density at radius 2 is 1.74 bits per heavy atom. The summed E-state index contributed by atoms with van der Waals surface area (Å²) in [6.07, 6.45) is 1.64. The van der Waals surface area contributed by atoms with Crippen LogP contribution in [-0.4, -0.2) is 35.4 Å². The summed E-state index contributed by atoms with van der Waals surface area (Å²) in [6.45, 7) is 4.89. The molecule has 4 heterocycles. The van der Waals surface area contributed by atoms with Gasteiger partial charge in [-0.3, -0.25) is 4.79 Å². The van der Waals surface area contributed by atoms with E-state index in [1.165, 1.54) is 18.2 Å². The maximum Gasteiger partial charge on any atom is 0.281 e. The van der Waals surface area contributed by atoms with E-state index in [0.29, 0.717) is 30.5 Å². The van der Waals surface area contributed by atoms with Crippen LogP contribution in [0.2, 0.25) is 0 Å². The van der Waals surface area contributed by atoms with Crippen LogP contribution in [0.25, 0.3) is 11.3 Å². The largest absolute Gasteiger partial charge is 0.475 e. The maximum atomic E-state index is 13.3. The number of carbonyl (C=O) groups excluding carboxylic acids is 1. The smallest absolute Gasteiger partial charge is 0.281 e. The fraction of sp³-hybridized carbons (Fsp3) is 0.185. The van der Waals surface area contributed by atoms with Crippen LogP contribution >= 0.6 is 0 Å². The van der Waals surface area contributed by atoms with E-state index < -0.39 is 15.9 Å². The fourth-order valence-electron chi connectivity index (χ4n) is 4.16. The number of nitrogens with zero attached hydrogens (tertiary/aromatic N) is 4. The molecule has 0 aliphatic carbocycles. The van der Waals surface area contributed by atoms with E-state index in [0.717, 1.165) is 16.7 Å². The highest BCUT2D eigenvalue weighted by Crippen LogP contribution is 2.32. The summed E-state index contributed by atoms with van der Waals surface area (Å²) in [7, 11) is -4.26. The van der Waals surface area contributed by atoms with Gasteiger partial charge in [0.05, 0.1) is 17.4 Å². The number of nitrogens with two attached hydrogens (primary N) is 1. The van der Waals surface area contributed by atoms with Gasteiger partial charge in [-0.05, 0) is 55.3 Å². The van der Waals surface area contributed by atoms with Crippen LogP contribution in [0, 0.1) is 0 Å². The van der Waals surface area contributed by atoms with Crippen molar-refractivity contribution in [3.8, 4) is 17.1 Å². The number of nitrogen functional groups attached to an aromatic ring is 1. The van der Waals surface area contributed by atoms with Crippen LogP contribution in [0.15, 0.2) is 78.0 Å². The number of benzene rings is 1. The zero-order valence-electron chi connectivity index (χ0n) is 20.8. The standard InChI is InChI=1S/C27H26N6O4S.H2/c1-17(2)37-24-13-10-18(14-29-24)22-12-11-21(26(30-22)33-15-19-6-3-4-7-20(19)16-33)27(34)32-38(35,36)25-9-5-8-23(28)31-25;/h3-14,17H,15-16H2,1-2H3,(H2,28,31)(H,32,34);1H. The van der Waals surface area contributed by atoms with E-state index in [1.54, 1.807) is 24.4 Å². The summed E-state index contributed by atoms with van der Waals surface area (Å²) in [5.74, 6) is 0.0584. The molecular weight excluding hydrogens is 504 g/mol. The number of hydrogen-bond donors (Lipinski definition) is 2. The number of ether oxygens (including phenoxy) is 1. The molecule has 38 heavy (non-hydrogen) atoms. The number of amides is 1. The number of carbonyl (C=O) groups is 1. The summed E-state index contributed by atoms with van der Waals surface area (Å²) >= 11 is 0. The van der Waals surface area contributed by atoms with Crippen molar-refractivity contribution in [2.75, 3.05) is 10.6 Å². The predicted molar refractivity (Wildman–Crippen MR) is 145 cm³/mol. The Balaban J connectivity index is 0.00000353. The molecule has 0 fully saturated rings. The normalized spacial score (nSPS) is 12.9. The molecule has 3 N–H and O–H groups in total. The number of rotatable bonds is 7. The molecule has 1 amide bonds. The molecule has 1 aliphatic rings. The first-order valence-electron chi connectivity index (χ1n) is 11.9. The van der Waals surface area contributed by atoms with Gasteiger partial charge in [0.25, 0.3) is 15.9 Å². The molecule has 10 nitrogen and oxygen atoms in total. The van der Waals surface area contributed by atoms with Crippen molar-refractivity contribution in [1.82, 2.24) is 19.7 Å². The molecule has 0 atom stereocenters. The Labute approximate surface area is 222 Å². The zero-order valence-corrected chi connectivity index (χ0v) is 21.6. The number of pyridine rings is 3. The lowest BCUT2D eigenvalue weighted by Gasteiger charge is -2.21. The van der Waals surface area contributed by atoms with Gasteiger partial charge in [-0.2, -0.15) is 8.42 Å². The first-order valence-corrected chi connectivity index (χ1v) is 13.4. The van der Waals surface area contributed by atoms with Gasteiger partial charge in [-0.25, -0.2) is 19.7 Å². The second-order valence-corrected chi connectivity index (χ2v) is 10.7. The number of nitrogens with one attached hydrogen (secondary N) is 1. The van der Waals surface area contributed by atoms with Crippen LogP contribution in [0.3, 0.4) is 0 Å². The zero-order chi connectivity index (χ0) is 26.9. The Hall–Kier alpha value is -4.51. The Morgan fingerprint density at radius 3 is 2.37 bits per heavy atom. The van der Waals surface area contributed by atoms with Gasteiger partial charge < -0.3 is 15.4 Å². The predicted octanol–water partition coefficient (Wildman–Crippen LogP) is 3.79. The number of aromatic nitrogens is 3. The molecule has 5 rings (SSSR count). The van der Waals surface area contributed by atoms with Crippen LogP contribution in [-0.2, 0) is 23.1 Å². The summed E-state index contributed by atoms with van der Waals surface area (Å²) < 4.78 is 33.5. The molecule has 1 aliphatic heterocycles. The number of anilines is 2. The van der Waals surface area contributed by atoms with E-state index in [1.807, 2.05) is 49.1 Å². The van der Waals surface area contributed by atoms with Gasteiger partial charge in [0.2, 0.25) is 5.88 Å². The summed E-state index contributed by atoms with van der Waals surface area (Å²) in [5, 5.41) is -0.347. The molecule has 0 unspecified atom stereocenters. The first kappa shape index (κ1) is 25.2. The van der Waals surface area contributed by atoms with Gasteiger partial charge in [0.1, 0.15) is 11.6 Å². The molecule has 1 aromatic carbocycles. The fourth-order valence-corrected chi connectivity index (χ4v) is 5.11. The van der Waals surface area contributed by atoms with Crippen molar-refractivity contribution in [3.05, 3.63) is 89.6 Å². The average molecular weight is 533 g/mol. The van der Waals surface area contributed by atoms with Crippen molar-refractivity contribution >= 4 is 27.6 Å². The van der Waals surface area contributed by atoms with Crippen molar-refractivity contribution in [2.24, 2.45) is 0 Å². The van der Waals surface area contributed by atoms with Crippen LogP contribution in [0.5, 0.6) is 5.88 Å². The highest BCUT2D eigenvalue weighted by molar-refractivity contribution is 7.90. The number of fused-ring (bicyclic) bond motifs is 1. The summed E-state index contributed by atoms with van der Waals surface area (Å²) in [5.41, 5.74) is 9.27. The molecule has 0 saturated heterocycles. The highest BCUT2D eigenvalue weighted by Gasteiger charge is 2.28. The van der Waals surface area contributed by atoms with Crippen LogP contribution < -0.4 is 20.1 Å². The van der Waals surface area contributed by atoms with Crippen molar-refractivity contribution < 1.29 is 19.4 Å². The Kier molecular flexibility index (Phi) is 6.68. The Bertz CT molecular complexity index is 1590. The average Bonchev–Trinajstić information content (AvgIpc) is 3.32. The van der Waals surface area contributed by atoms with Crippen molar-refractivity contribution in [1.29, 1.82) is 0 Å². The van der Waals surface area contributed by atoms with Gasteiger partial charge >= 0.3 is 0 Å². The minimum Gasteiger partial charge on any atom is -0.475 e. The molecule has 3 aromatic heterocycles. The Morgan fingerprint density at radius 1 is 1.00 bits per heavy atom. The SMILES string of the molecule is CC(C)Oc1ccc(-c2ccc(C(=O)NS(=O)(=O)c3cccc(N)n3)c(N3Cc4ccccc4C3)n2)cn1.[HH]. The van der Waals surface area contributed by atoms with Gasteiger partial charge in [0, 0.05) is 32.3 Å². The second kappa shape index (κ2) is 10.1. The van der Waals surface area contributed by atoms with Gasteiger partial charge in [-0.1, -0.05) is 30.3 Å². The van der Waals surface area contributed by atoms with Crippen LogP contribution in [0.1, 0.15) is 36.8 Å². The topological polar surface area (TPSA) is 140 Å². The third-order valence-electron chi connectivity index (χ3n) is 5.90. The minimum atomic E-state index is -4.26. The van der Waals surface area contributed by atoms with Crippen molar-refractivity contribution in [3.63, 3.8) is 0 Å². The third-order valence-corrected chi connectivity index (χ3v) is 7.13. The van der Waals surface area contributed by atoms with Gasteiger partial charge in [0.15, 0.2) is 5.03 Å². The summed E-state index contributed by atoms with van der Waals surface area (Å²) in [6, 6.07) is 19.0. The molecule has 0 spiro atoms. The lowest BCUT2D eigenvalue weighted by Crippen LogP contribution is -2.33.